The first-order valence-corrected chi connectivity index (χ1v) is 15.8. The summed E-state index contributed by atoms with van der Waals surface area (Å²) in [6, 6.07) is 17.8. The molecule has 0 fully saturated rings. The molecule has 1 aliphatic heterocycles. The van der Waals surface area contributed by atoms with Crippen molar-refractivity contribution in [2.75, 3.05) is 20.3 Å². The van der Waals surface area contributed by atoms with E-state index in [-0.39, 0.29) is 24.0 Å². The van der Waals surface area contributed by atoms with E-state index in [1.165, 1.54) is 38.4 Å². The number of thiophene rings is 1. The van der Waals surface area contributed by atoms with Gasteiger partial charge in [0.05, 0.1) is 24.7 Å². The number of pyridine rings is 2. The van der Waals surface area contributed by atoms with Crippen LogP contribution in [0.5, 0.6) is 0 Å². The van der Waals surface area contributed by atoms with E-state index >= 15 is 0 Å². The summed E-state index contributed by atoms with van der Waals surface area (Å²) in [6.07, 6.45) is 5.22. The Labute approximate surface area is 253 Å². The van der Waals surface area contributed by atoms with Crippen LogP contribution in [0.3, 0.4) is 0 Å². The topological polar surface area (TPSA) is 46.2 Å². The lowest BCUT2D eigenvalue weighted by molar-refractivity contribution is -0.709. The molecule has 0 saturated carbocycles. The number of hydrogen-bond acceptors (Lipinski definition) is 4. The molecule has 0 bridgehead atoms. The van der Waals surface area contributed by atoms with Gasteiger partial charge in [0, 0.05) is 42.0 Å². The van der Waals surface area contributed by atoms with Gasteiger partial charge >= 0.3 is 0 Å². The molecule has 1 aliphatic rings. The molecule has 0 radical (unpaired) electrons. The zero-order chi connectivity index (χ0) is 29.8. The van der Waals surface area contributed by atoms with Crippen LogP contribution >= 0.6 is 11.3 Å². The predicted octanol–water partition coefficient (Wildman–Crippen LogP) is 8.40. The van der Waals surface area contributed by atoms with Crippen LogP contribution in [0.1, 0.15) is 63.3 Å². The maximum absolute atomic E-state index is 10.4. The molecule has 4 heterocycles. The van der Waals surface area contributed by atoms with E-state index in [2.05, 4.69) is 106 Å². The molecule has 5 aromatic rings. The Hall–Kier alpha value is -3.38. The lowest BCUT2D eigenvalue weighted by Gasteiger charge is -2.34. The second kappa shape index (κ2) is 11.0. The van der Waals surface area contributed by atoms with Crippen molar-refractivity contribution in [1.29, 1.82) is 0 Å². The first-order chi connectivity index (χ1) is 20.1. The fraction of sp³-hybridized carbons (Fsp3) is 0.351. The van der Waals surface area contributed by atoms with Crippen LogP contribution in [0.15, 0.2) is 78.5 Å². The molecule has 0 saturated heterocycles. The van der Waals surface area contributed by atoms with Crippen LogP contribution in [0.2, 0.25) is 0 Å². The number of aliphatic hydroxyl groups excluding tert-OH is 1. The van der Waals surface area contributed by atoms with E-state index in [4.69, 9.17) is 9.72 Å². The van der Waals surface area contributed by atoms with E-state index in [0.717, 1.165) is 33.6 Å². The van der Waals surface area contributed by atoms with E-state index in [1.807, 2.05) is 6.20 Å². The molecule has 6 rings (SSSR count). The number of rotatable bonds is 7. The molecule has 1 N–H and O–H groups in total. The number of methoxy groups -OCH3 is 1. The number of ether oxygens (including phenoxy) is 1. The molecular weight excluding hydrogens is 536 g/mol. The van der Waals surface area contributed by atoms with E-state index < -0.39 is 0 Å². The zero-order valence-electron chi connectivity index (χ0n) is 25.6. The average Bonchev–Trinajstić information content (AvgIpc) is 3.36. The van der Waals surface area contributed by atoms with Gasteiger partial charge in [-0.1, -0.05) is 65.5 Å². The van der Waals surface area contributed by atoms with Gasteiger partial charge in [-0.3, -0.25) is 0 Å². The van der Waals surface area contributed by atoms with E-state index in [0.29, 0.717) is 12.5 Å². The Morgan fingerprint density at radius 2 is 1.83 bits per heavy atom. The fourth-order valence-electron chi connectivity index (χ4n) is 6.78. The smallest absolute Gasteiger partial charge is 0.213 e. The fourth-order valence-corrected chi connectivity index (χ4v) is 7.69. The molecule has 2 unspecified atom stereocenters. The highest BCUT2D eigenvalue weighted by Gasteiger charge is 2.43. The quantitative estimate of drug-likeness (QED) is 0.156. The highest BCUT2D eigenvalue weighted by atomic mass is 32.1. The number of fused-ring (bicyclic) bond motifs is 6. The maximum atomic E-state index is 10.4. The van der Waals surface area contributed by atoms with Crippen molar-refractivity contribution in [2.45, 2.75) is 58.4 Å². The Balaban J connectivity index is 1.63. The lowest BCUT2D eigenvalue weighted by Crippen LogP contribution is -2.49. The van der Waals surface area contributed by atoms with Crippen molar-refractivity contribution in [3.8, 4) is 22.4 Å². The molecule has 3 aromatic heterocycles. The van der Waals surface area contributed by atoms with Gasteiger partial charge in [0.2, 0.25) is 5.69 Å². The van der Waals surface area contributed by atoms with Crippen molar-refractivity contribution < 1.29 is 14.4 Å². The monoisotopic (exact) mass is 577 g/mol. The van der Waals surface area contributed by atoms with Gasteiger partial charge in [0.25, 0.3) is 0 Å². The zero-order valence-corrected chi connectivity index (χ0v) is 26.4. The number of benzene rings is 2. The van der Waals surface area contributed by atoms with Crippen LogP contribution in [0.25, 0.3) is 43.4 Å². The van der Waals surface area contributed by atoms with Gasteiger partial charge in [-0.05, 0) is 68.3 Å². The number of hydrogen-bond donors (Lipinski definition) is 1. The molecule has 42 heavy (non-hydrogen) atoms. The second-order valence-corrected chi connectivity index (χ2v) is 14.0. The highest BCUT2D eigenvalue weighted by molar-refractivity contribution is 7.16. The number of nitrogens with zero attached hydrogens (tertiary/aromatic N) is 2. The van der Waals surface area contributed by atoms with Crippen LogP contribution in [0, 0.1) is 5.92 Å². The summed E-state index contributed by atoms with van der Waals surface area (Å²) in [7, 11) is 1.76. The third-order valence-corrected chi connectivity index (χ3v) is 9.60. The molecule has 5 heteroatoms. The van der Waals surface area contributed by atoms with Crippen LogP contribution in [0.4, 0.5) is 0 Å². The summed E-state index contributed by atoms with van der Waals surface area (Å²) < 4.78 is 8.15. The van der Waals surface area contributed by atoms with Crippen molar-refractivity contribution in [2.24, 2.45) is 5.92 Å². The van der Waals surface area contributed by atoms with Crippen LogP contribution in [-0.4, -0.2) is 30.4 Å². The number of aliphatic hydroxyl groups is 1. The van der Waals surface area contributed by atoms with Gasteiger partial charge in [0.1, 0.15) is 4.83 Å². The summed E-state index contributed by atoms with van der Waals surface area (Å²) in [4.78, 5) is 5.96. The van der Waals surface area contributed by atoms with Gasteiger partial charge in [-0.25, -0.2) is 4.98 Å². The van der Waals surface area contributed by atoms with Crippen molar-refractivity contribution >= 4 is 32.3 Å². The normalized spacial score (nSPS) is 16.7. The molecule has 2 aromatic carbocycles. The molecule has 216 valence electrons. The summed E-state index contributed by atoms with van der Waals surface area (Å²) in [5.41, 5.74) is 9.29. The highest BCUT2D eigenvalue weighted by Crippen LogP contribution is 2.47. The lowest BCUT2D eigenvalue weighted by atomic mass is 9.74. The Kier molecular flexibility index (Phi) is 7.55. The Bertz CT molecular complexity index is 1810. The van der Waals surface area contributed by atoms with E-state index in [9.17, 15) is 5.11 Å². The molecule has 2 atom stereocenters. The summed E-state index contributed by atoms with van der Waals surface area (Å²) >= 11 is 1.73. The molecular formula is C37H41N2O2S+. The van der Waals surface area contributed by atoms with Gasteiger partial charge in [-0.15, -0.1) is 11.3 Å². The average molecular weight is 578 g/mol. The minimum Gasteiger partial charge on any atom is -0.392 e. The molecule has 0 amide bonds. The third-order valence-electron chi connectivity index (χ3n) is 8.65. The SMILES string of the molecule is C=C(CO)C1C(COC)c2c(cc(C(C)(C)C)c3ccccc23)-c2cc(-c3cnc4scc(CC(C)C)c4c3)cc[n+]21. The first-order valence-electron chi connectivity index (χ1n) is 14.9. The third kappa shape index (κ3) is 4.88. The number of aromatic nitrogens is 2. The standard InChI is InChI=1S/C37H41N2O2S/c1-22(2)14-26-21-42-36-29(26)15-25(18-38-36)24-12-13-39-33(16-24)30-17-32(37(4,5)6)27-10-8-9-11-28(27)34(30)31(20-41-7)35(39)23(3)19-40/h8-13,15-18,21-22,31,35,40H,3,14,19-20H2,1-2,4-7H3/q+1. The van der Waals surface area contributed by atoms with Gasteiger partial charge in [-0.2, -0.15) is 4.57 Å². The minimum absolute atomic E-state index is 0.00864. The summed E-state index contributed by atoms with van der Waals surface area (Å²) in [5, 5.41) is 16.4. The van der Waals surface area contributed by atoms with Crippen molar-refractivity contribution in [1.82, 2.24) is 4.98 Å². The van der Waals surface area contributed by atoms with Gasteiger partial charge < -0.3 is 9.84 Å². The molecule has 4 nitrogen and oxygen atoms in total. The first kappa shape index (κ1) is 28.7. The second-order valence-electron chi connectivity index (χ2n) is 13.1. The summed E-state index contributed by atoms with van der Waals surface area (Å²) in [5.74, 6) is 0.598. The molecule has 0 spiro atoms. The van der Waals surface area contributed by atoms with Crippen LogP contribution in [-0.2, 0) is 16.6 Å². The minimum atomic E-state index is -0.134. The predicted molar refractivity (Wildman–Crippen MR) is 175 cm³/mol. The Morgan fingerprint density at radius 3 is 2.52 bits per heavy atom. The largest absolute Gasteiger partial charge is 0.392 e. The van der Waals surface area contributed by atoms with Crippen molar-refractivity contribution in [3.63, 3.8) is 0 Å². The summed E-state index contributed by atoms with van der Waals surface area (Å²) in [6.45, 7) is 16.2. The van der Waals surface area contributed by atoms with E-state index in [1.54, 1.807) is 18.4 Å². The van der Waals surface area contributed by atoms with Crippen LogP contribution < -0.4 is 4.57 Å². The van der Waals surface area contributed by atoms with Crippen molar-refractivity contribution in [3.05, 3.63) is 95.1 Å². The Morgan fingerprint density at radius 1 is 1.07 bits per heavy atom. The maximum Gasteiger partial charge on any atom is 0.213 e. The van der Waals surface area contributed by atoms with Gasteiger partial charge in [0.15, 0.2) is 12.2 Å². The molecule has 0 aliphatic carbocycles.